The van der Waals surface area contributed by atoms with Crippen molar-refractivity contribution in [2.24, 2.45) is 5.92 Å². The Kier molecular flexibility index (Phi) is 3.76. The smallest absolute Gasteiger partial charge is 0.308 e. The van der Waals surface area contributed by atoms with E-state index in [-0.39, 0.29) is 4.90 Å². The van der Waals surface area contributed by atoms with Crippen molar-refractivity contribution in [3.8, 4) is 0 Å². The van der Waals surface area contributed by atoms with E-state index in [1.807, 2.05) is 0 Å². The SMILES string of the molecule is O=C(O)[C@@H]1CC=CC[C@@H]1NS(=O)(=O)c1coc2ccccc12. The van der Waals surface area contributed by atoms with Crippen molar-refractivity contribution in [1.82, 2.24) is 4.72 Å². The molecule has 3 rings (SSSR count). The lowest BCUT2D eigenvalue weighted by atomic mass is 9.90. The van der Waals surface area contributed by atoms with Gasteiger partial charge >= 0.3 is 5.97 Å². The molecule has 1 aromatic heterocycles. The molecule has 1 aliphatic carbocycles. The van der Waals surface area contributed by atoms with Gasteiger partial charge in [-0.1, -0.05) is 24.3 Å². The number of sulfonamides is 1. The Morgan fingerprint density at radius 2 is 1.95 bits per heavy atom. The van der Waals surface area contributed by atoms with E-state index in [0.29, 0.717) is 23.8 Å². The van der Waals surface area contributed by atoms with E-state index in [9.17, 15) is 18.3 Å². The molecule has 0 spiro atoms. The summed E-state index contributed by atoms with van der Waals surface area (Å²) >= 11 is 0. The van der Waals surface area contributed by atoms with Gasteiger partial charge in [-0.3, -0.25) is 4.79 Å². The minimum absolute atomic E-state index is 0.0294. The standard InChI is InChI=1S/C15H15NO5S/c17-15(18)10-5-1-3-7-12(10)16-22(19,20)14-9-21-13-8-4-2-6-11(13)14/h1-4,6,8-10,12,16H,5,7H2,(H,17,18)/t10-,12+/m1/s1. The number of para-hydroxylation sites is 1. The van der Waals surface area contributed by atoms with Gasteiger partial charge in [0.2, 0.25) is 10.0 Å². The molecular formula is C15H15NO5S. The summed E-state index contributed by atoms with van der Waals surface area (Å²) in [4.78, 5) is 11.3. The number of carbonyl (C=O) groups is 1. The van der Waals surface area contributed by atoms with Crippen LogP contribution in [0.1, 0.15) is 12.8 Å². The van der Waals surface area contributed by atoms with Crippen molar-refractivity contribution in [3.05, 3.63) is 42.7 Å². The lowest BCUT2D eigenvalue weighted by Gasteiger charge is -2.25. The molecular weight excluding hydrogens is 306 g/mol. The molecule has 1 aromatic carbocycles. The van der Waals surface area contributed by atoms with Crippen molar-refractivity contribution in [3.63, 3.8) is 0 Å². The van der Waals surface area contributed by atoms with Crippen LogP contribution in [0.3, 0.4) is 0 Å². The van der Waals surface area contributed by atoms with E-state index in [1.165, 1.54) is 6.26 Å². The Labute approximate surface area is 127 Å². The molecule has 0 unspecified atom stereocenters. The van der Waals surface area contributed by atoms with Crippen molar-refractivity contribution in [2.75, 3.05) is 0 Å². The lowest BCUT2D eigenvalue weighted by molar-refractivity contribution is -0.142. The highest BCUT2D eigenvalue weighted by molar-refractivity contribution is 7.89. The third kappa shape index (κ3) is 2.65. The predicted molar refractivity (Wildman–Crippen MR) is 79.8 cm³/mol. The highest BCUT2D eigenvalue weighted by atomic mass is 32.2. The second-order valence-corrected chi connectivity index (χ2v) is 6.89. The number of furan rings is 1. The number of benzene rings is 1. The summed E-state index contributed by atoms with van der Waals surface area (Å²) in [7, 11) is -3.85. The van der Waals surface area contributed by atoms with E-state index in [4.69, 9.17) is 4.42 Å². The van der Waals surface area contributed by atoms with E-state index in [0.717, 1.165) is 0 Å². The maximum absolute atomic E-state index is 12.6. The van der Waals surface area contributed by atoms with Gasteiger partial charge in [-0.2, -0.15) is 0 Å². The molecule has 0 radical (unpaired) electrons. The topological polar surface area (TPSA) is 96.6 Å². The summed E-state index contributed by atoms with van der Waals surface area (Å²) in [5.41, 5.74) is 0.473. The van der Waals surface area contributed by atoms with E-state index in [2.05, 4.69) is 4.72 Å². The van der Waals surface area contributed by atoms with E-state index in [1.54, 1.807) is 36.4 Å². The number of rotatable bonds is 4. The zero-order chi connectivity index (χ0) is 15.7. The van der Waals surface area contributed by atoms with Crippen molar-refractivity contribution < 1.29 is 22.7 Å². The van der Waals surface area contributed by atoms with Crippen LogP contribution in [-0.2, 0) is 14.8 Å². The number of hydrogen-bond donors (Lipinski definition) is 2. The number of hydrogen-bond acceptors (Lipinski definition) is 4. The van der Waals surface area contributed by atoms with Gasteiger partial charge in [0.05, 0.1) is 5.92 Å². The van der Waals surface area contributed by atoms with Crippen LogP contribution in [-0.4, -0.2) is 25.5 Å². The fraction of sp³-hybridized carbons (Fsp3) is 0.267. The third-order valence-corrected chi connectivity index (χ3v) is 5.30. The maximum atomic E-state index is 12.6. The number of allylic oxidation sites excluding steroid dienone is 1. The molecule has 0 fully saturated rings. The third-order valence-electron chi connectivity index (χ3n) is 3.79. The van der Waals surface area contributed by atoms with Gasteiger partial charge in [-0.15, -0.1) is 0 Å². The average molecular weight is 321 g/mol. The fourth-order valence-electron chi connectivity index (χ4n) is 2.64. The molecule has 0 bridgehead atoms. The van der Waals surface area contributed by atoms with Gasteiger partial charge in [-0.25, -0.2) is 13.1 Å². The second-order valence-electron chi connectivity index (χ2n) is 5.21. The normalized spacial score (nSPS) is 22.0. The molecule has 116 valence electrons. The monoisotopic (exact) mass is 321 g/mol. The molecule has 1 aliphatic rings. The molecule has 0 saturated carbocycles. The second kappa shape index (κ2) is 5.58. The largest absolute Gasteiger partial charge is 0.481 e. The number of aliphatic carboxylic acids is 1. The van der Waals surface area contributed by atoms with Crippen molar-refractivity contribution in [1.29, 1.82) is 0 Å². The molecule has 0 amide bonds. The summed E-state index contributed by atoms with van der Waals surface area (Å²) in [5.74, 6) is -1.77. The van der Waals surface area contributed by atoms with Gasteiger partial charge in [0.15, 0.2) is 0 Å². The number of carboxylic acid groups (broad SMARTS) is 1. The summed E-state index contributed by atoms with van der Waals surface area (Å²) in [6, 6.07) is 6.14. The number of fused-ring (bicyclic) bond motifs is 1. The quantitative estimate of drug-likeness (QED) is 0.841. The first-order valence-electron chi connectivity index (χ1n) is 6.85. The molecule has 22 heavy (non-hydrogen) atoms. The molecule has 6 nitrogen and oxygen atoms in total. The van der Waals surface area contributed by atoms with Gasteiger partial charge in [0.25, 0.3) is 0 Å². The Hall–Kier alpha value is -2.12. The first-order valence-corrected chi connectivity index (χ1v) is 8.34. The summed E-state index contributed by atoms with van der Waals surface area (Å²) in [6.07, 6.45) is 5.40. The predicted octanol–water partition coefficient (Wildman–Crippen LogP) is 2.13. The van der Waals surface area contributed by atoms with Gasteiger partial charge in [0, 0.05) is 11.4 Å². The highest BCUT2D eigenvalue weighted by Crippen LogP contribution is 2.27. The van der Waals surface area contributed by atoms with Gasteiger partial charge in [0.1, 0.15) is 16.7 Å². The van der Waals surface area contributed by atoms with Gasteiger partial charge < -0.3 is 9.52 Å². The first kappa shape index (κ1) is 14.8. The van der Waals surface area contributed by atoms with E-state index < -0.39 is 28.0 Å². The summed E-state index contributed by atoms with van der Waals surface area (Å²) in [6.45, 7) is 0. The molecule has 2 N–H and O–H groups in total. The highest BCUT2D eigenvalue weighted by Gasteiger charge is 2.33. The maximum Gasteiger partial charge on any atom is 0.308 e. The molecule has 0 aliphatic heterocycles. The number of carboxylic acids is 1. The molecule has 0 saturated heterocycles. The Bertz CT molecular complexity index is 836. The average Bonchev–Trinajstić information content (AvgIpc) is 2.92. The van der Waals surface area contributed by atoms with Crippen LogP contribution in [0.5, 0.6) is 0 Å². The fourth-order valence-corrected chi connectivity index (χ4v) is 4.06. The molecule has 7 heteroatoms. The summed E-state index contributed by atoms with van der Waals surface area (Å²) in [5, 5.41) is 9.70. The zero-order valence-electron chi connectivity index (χ0n) is 11.6. The molecule has 2 aromatic rings. The van der Waals surface area contributed by atoms with Crippen LogP contribution in [0.4, 0.5) is 0 Å². The van der Waals surface area contributed by atoms with Crippen LogP contribution in [0.15, 0.2) is 52.0 Å². The molecule has 1 heterocycles. The van der Waals surface area contributed by atoms with Crippen LogP contribution in [0, 0.1) is 5.92 Å². The van der Waals surface area contributed by atoms with Crippen LogP contribution in [0.25, 0.3) is 11.0 Å². The molecule has 2 atom stereocenters. The van der Waals surface area contributed by atoms with Crippen molar-refractivity contribution >= 4 is 27.0 Å². The Morgan fingerprint density at radius 1 is 1.23 bits per heavy atom. The van der Waals surface area contributed by atoms with Crippen LogP contribution >= 0.6 is 0 Å². The number of nitrogens with one attached hydrogen (secondary N) is 1. The van der Waals surface area contributed by atoms with Crippen LogP contribution < -0.4 is 4.72 Å². The van der Waals surface area contributed by atoms with E-state index >= 15 is 0 Å². The van der Waals surface area contributed by atoms with Gasteiger partial charge in [-0.05, 0) is 25.0 Å². The minimum atomic E-state index is -3.85. The van der Waals surface area contributed by atoms with Crippen LogP contribution in [0.2, 0.25) is 0 Å². The van der Waals surface area contributed by atoms with Crippen molar-refractivity contribution in [2.45, 2.75) is 23.8 Å². The summed E-state index contributed by atoms with van der Waals surface area (Å²) < 4.78 is 32.9. The lowest BCUT2D eigenvalue weighted by Crippen LogP contribution is -2.43. The first-order chi connectivity index (χ1) is 10.5. The Morgan fingerprint density at radius 3 is 2.73 bits per heavy atom. The minimum Gasteiger partial charge on any atom is -0.481 e. The Balaban J connectivity index is 1.93. The zero-order valence-corrected chi connectivity index (χ0v) is 12.4.